The number of nitrogens with zero attached hydrogens (tertiary/aromatic N) is 1. The van der Waals surface area contributed by atoms with Crippen LogP contribution in [0.5, 0.6) is 5.75 Å². The van der Waals surface area contributed by atoms with Gasteiger partial charge in [-0.2, -0.15) is 0 Å². The second-order valence-electron chi connectivity index (χ2n) is 4.65. The normalized spacial score (nSPS) is 15.0. The van der Waals surface area contributed by atoms with Crippen molar-refractivity contribution in [2.75, 3.05) is 6.61 Å². The number of pyridine rings is 1. The van der Waals surface area contributed by atoms with Gasteiger partial charge in [0.05, 0.1) is 16.7 Å². The van der Waals surface area contributed by atoms with Crippen LogP contribution in [0, 0.1) is 0 Å². The number of aromatic nitrogens is 1. The van der Waals surface area contributed by atoms with Crippen molar-refractivity contribution in [3.05, 3.63) is 59.3 Å². The number of rotatable bonds is 4. The number of carboxylic acid groups (broad SMARTS) is 1. The van der Waals surface area contributed by atoms with Gasteiger partial charge in [-0.1, -0.05) is 6.07 Å². The van der Waals surface area contributed by atoms with Gasteiger partial charge in [0.15, 0.2) is 0 Å². The molecular weight excluding hydrogens is 306 g/mol. The van der Waals surface area contributed by atoms with E-state index in [0.29, 0.717) is 11.3 Å². The SMILES string of the molecule is O=C(O)c1cccc2c1C(COc1cccnc1)=CS2(=O)=O. The molecular formula is C15H11NO5S. The minimum Gasteiger partial charge on any atom is -0.487 e. The van der Waals surface area contributed by atoms with Crippen molar-refractivity contribution in [2.24, 2.45) is 0 Å². The smallest absolute Gasteiger partial charge is 0.336 e. The third-order valence-corrected chi connectivity index (χ3v) is 4.76. The molecule has 0 spiro atoms. The lowest BCUT2D eigenvalue weighted by atomic mass is 10.0. The zero-order chi connectivity index (χ0) is 15.7. The Kier molecular flexibility index (Phi) is 3.42. The molecule has 0 aliphatic carbocycles. The Morgan fingerprint density at radius 2 is 2.05 bits per heavy atom. The highest BCUT2D eigenvalue weighted by Crippen LogP contribution is 2.36. The van der Waals surface area contributed by atoms with Crippen molar-refractivity contribution >= 4 is 21.4 Å². The quantitative estimate of drug-likeness (QED) is 0.927. The van der Waals surface area contributed by atoms with Gasteiger partial charge in [0.1, 0.15) is 12.4 Å². The van der Waals surface area contributed by atoms with Crippen LogP contribution in [0.4, 0.5) is 0 Å². The Bertz CT molecular complexity index is 872. The molecule has 2 aromatic rings. The molecule has 0 fully saturated rings. The zero-order valence-electron chi connectivity index (χ0n) is 11.3. The monoisotopic (exact) mass is 317 g/mol. The van der Waals surface area contributed by atoms with Gasteiger partial charge >= 0.3 is 5.97 Å². The van der Waals surface area contributed by atoms with Crippen LogP contribution in [0.2, 0.25) is 0 Å². The molecule has 7 heteroatoms. The summed E-state index contributed by atoms with van der Waals surface area (Å²) in [5.41, 5.74) is 0.454. The average molecular weight is 317 g/mol. The van der Waals surface area contributed by atoms with Crippen LogP contribution in [0.1, 0.15) is 15.9 Å². The highest BCUT2D eigenvalue weighted by Gasteiger charge is 2.31. The fraction of sp³-hybridized carbons (Fsp3) is 0.0667. The second-order valence-corrected chi connectivity index (χ2v) is 6.41. The van der Waals surface area contributed by atoms with Crippen molar-refractivity contribution in [2.45, 2.75) is 4.90 Å². The van der Waals surface area contributed by atoms with E-state index in [2.05, 4.69) is 4.98 Å². The number of sulfone groups is 1. The summed E-state index contributed by atoms with van der Waals surface area (Å²) in [5.74, 6) is -0.705. The molecule has 0 atom stereocenters. The Morgan fingerprint density at radius 1 is 1.23 bits per heavy atom. The average Bonchev–Trinajstić information content (AvgIpc) is 2.77. The molecule has 112 valence electrons. The maximum absolute atomic E-state index is 12.1. The van der Waals surface area contributed by atoms with Crippen molar-refractivity contribution in [1.29, 1.82) is 0 Å². The number of carboxylic acids is 1. The number of aromatic carboxylic acids is 1. The maximum Gasteiger partial charge on any atom is 0.336 e. The maximum atomic E-state index is 12.1. The predicted octanol–water partition coefficient (Wildman–Crippen LogP) is 1.99. The summed E-state index contributed by atoms with van der Waals surface area (Å²) in [7, 11) is -3.64. The van der Waals surface area contributed by atoms with Crippen molar-refractivity contribution in [3.8, 4) is 5.75 Å². The number of ether oxygens (including phenoxy) is 1. The zero-order valence-corrected chi connectivity index (χ0v) is 12.1. The first kappa shape index (κ1) is 14.3. The van der Waals surface area contributed by atoms with Gasteiger partial charge in [-0.05, 0) is 24.3 Å². The molecule has 0 unspecified atom stereocenters. The first-order valence-corrected chi connectivity index (χ1v) is 7.89. The van der Waals surface area contributed by atoms with Crippen LogP contribution < -0.4 is 4.74 Å². The molecule has 1 aromatic heterocycles. The summed E-state index contributed by atoms with van der Waals surface area (Å²) in [6.45, 7) is -0.0534. The number of carbonyl (C=O) groups is 1. The third kappa shape index (κ3) is 2.46. The summed E-state index contributed by atoms with van der Waals surface area (Å²) in [6.07, 6.45) is 3.08. The van der Waals surface area contributed by atoms with Crippen LogP contribution in [-0.4, -0.2) is 31.1 Å². The van der Waals surface area contributed by atoms with E-state index in [1.54, 1.807) is 18.3 Å². The molecule has 2 heterocycles. The van der Waals surface area contributed by atoms with Gasteiger partial charge in [-0.3, -0.25) is 4.98 Å². The van der Waals surface area contributed by atoms with Crippen LogP contribution in [0.15, 0.2) is 53.0 Å². The minimum absolute atomic E-state index is 0.00260. The molecule has 0 saturated heterocycles. The van der Waals surface area contributed by atoms with E-state index in [0.717, 1.165) is 5.41 Å². The standard InChI is InChI=1S/C15H11NO5S/c17-15(18)12-4-1-5-13-14(12)10(9-22(13,19)20)8-21-11-3-2-6-16-7-11/h1-7,9H,8H2,(H,17,18). The lowest BCUT2D eigenvalue weighted by Gasteiger charge is -2.09. The van der Waals surface area contributed by atoms with Crippen molar-refractivity contribution in [1.82, 2.24) is 4.98 Å². The predicted molar refractivity (Wildman–Crippen MR) is 78.3 cm³/mol. The first-order valence-electron chi connectivity index (χ1n) is 6.34. The van der Waals surface area contributed by atoms with E-state index >= 15 is 0 Å². The van der Waals surface area contributed by atoms with Gasteiger partial charge in [0, 0.05) is 22.7 Å². The molecule has 1 aliphatic rings. The van der Waals surface area contributed by atoms with E-state index < -0.39 is 15.8 Å². The number of fused-ring (bicyclic) bond motifs is 1. The number of hydrogen-bond acceptors (Lipinski definition) is 5. The van der Waals surface area contributed by atoms with Gasteiger partial charge < -0.3 is 9.84 Å². The summed E-state index contributed by atoms with van der Waals surface area (Å²) < 4.78 is 29.7. The molecule has 1 aliphatic heterocycles. The first-order chi connectivity index (χ1) is 10.5. The van der Waals surface area contributed by atoms with E-state index in [1.807, 2.05) is 0 Å². The Hall–Kier alpha value is -2.67. The topological polar surface area (TPSA) is 93.6 Å². The molecule has 1 aromatic carbocycles. The summed E-state index contributed by atoms with van der Waals surface area (Å²) in [4.78, 5) is 15.2. The van der Waals surface area contributed by atoms with Gasteiger partial charge in [0.25, 0.3) is 0 Å². The molecule has 1 N–H and O–H groups in total. The lowest BCUT2D eigenvalue weighted by Crippen LogP contribution is -2.06. The van der Waals surface area contributed by atoms with Crippen LogP contribution >= 0.6 is 0 Å². The lowest BCUT2D eigenvalue weighted by molar-refractivity contribution is 0.0696. The molecule has 0 amide bonds. The fourth-order valence-corrected chi connectivity index (χ4v) is 3.77. The van der Waals surface area contributed by atoms with Gasteiger partial charge in [-0.25, -0.2) is 13.2 Å². The molecule has 0 saturated carbocycles. The Balaban J connectivity index is 2.00. The largest absolute Gasteiger partial charge is 0.487 e. The van der Waals surface area contributed by atoms with Crippen molar-refractivity contribution < 1.29 is 23.1 Å². The molecule has 3 rings (SSSR count). The highest BCUT2D eigenvalue weighted by molar-refractivity contribution is 7.95. The van der Waals surface area contributed by atoms with E-state index in [-0.39, 0.29) is 22.6 Å². The van der Waals surface area contributed by atoms with Crippen molar-refractivity contribution in [3.63, 3.8) is 0 Å². The second kappa shape index (κ2) is 5.27. The van der Waals surface area contributed by atoms with Crippen LogP contribution in [0.3, 0.4) is 0 Å². The van der Waals surface area contributed by atoms with Gasteiger partial charge in [0.2, 0.25) is 9.84 Å². The number of hydrogen-bond donors (Lipinski definition) is 1. The number of benzene rings is 1. The summed E-state index contributed by atoms with van der Waals surface area (Å²) in [6, 6.07) is 7.55. The van der Waals surface area contributed by atoms with E-state index in [1.165, 1.54) is 24.4 Å². The summed E-state index contributed by atoms with van der Waals surface area (Å²) >= 11 is 0. The van der Waals surface area contributed by atoms with E-state index in [4.69, 9.17) is 4.74 Å². The van der Waals surface area contributed by atoms with Crippen LogP contribution in [0.25, 0.3) is 5.57 Å². The molecule has 0 radical (unpaired) electrons. The molecule has 0 bridgehead atoms. The molecule has 22 heavy (non-hydrogen) atoms. The molecule has 6 nitrogen and oxygen atoms in total. The Labute approximate surface area is 126 Å². The van der Waals surface area contributed by atoms with E-state index in [9.17, 15) is 18.3 Å². The fourth-order valence-electron chi connectivity index (χ4n) is 2.29. The summed E-state index contributed by atoms with van der Waals surface area (Å²) in [5, 5.41) is 10.3. The minimum atomic E-state index is -3.64. The third-order valence-electron chi connectivity index (χ3n) is 3.21. The van der Waals surface area contributed by atoms with Crippen LogP contribution in [-0.2, 0) is 9.84 Å². The Morgan fingerprint density at radius 3 is 2.73 bits per heavy atom. The van der Waals surface area contributed by atoms with Gasteiger partial charge in [-0.15, -0.1) is 0 Å². The highest BCUT2D eigenvalue weighted by atomic mass is 32.2.